The van der Waals surface area contributed by atoms with Gasteiger partial charge >= 0.3 is 0 Å². The molecule has 1 aliphatic heterocycles. The van der Waals surface area contributed by atoms with Crippen LogP contribution in [0.2, 0.25) is 0 Å². The molecule has 1 saturated carbocycles. The summed E-state index contributed by atoms with van der Waals surface area (Å²) in [6.45, 7) is 7.82. The maximum atomic E-state index is 12.6. The molecule has 122 valence electrons. The lowest BCUT2D eigenvalue weighted by Crippen LogP contribution is -2.40. The molecule has 4 heteroatoms. The summed E-state index contributed by atoms with van der Waals surface area (Å²) in [4.78, 5) is 14.6. The van der Waals surface area contributed by atoms with Gasteiger partial charge in [-0.1, -0.05) is 20.8 Å². The van der Waals surface area contributed by atoms with Gasteiger partial charge in [-0.3, -0.25) is 4.79 Å². The number of nitrogens with zero attached hydrogens (tertiary/aromatic N) is 2. The topological polar surface area (TPSA) is 53.3 Å². The number of nitriles is 1. The molecular formula is C19H24N2O2. The van der Waals surface area contributed by atoms with Crippen LogP contribution in [0.3, 0.4) is 0 Å². The standard InChI is InChI=1S/C19H24N2O2/c1-18(2)8-15-9-19(3,12-18)13-21(15)17(22)11-23-16-6-4-14(10-20)5-7-16/h4-7,15H,8-9,11-13H2,1-3H3/t15-,19+/m1/s1. The van der Waals surface area contributed by atoms with E-state index in [0.717, 1.165) is 19.4 Å². The molecular weight excluding hydrogens is 288 g/mol. The number of hydrogen-bond donors (Lipinski definition) is 0. The average molecular weight is 312 g/mol. The van der Waals surface area contributed by atoms with E-state index in [9.17, 15) is 4.79 Å². The third-order valence-corrected chi connectivity index (χ3v) is 5.08. The van der Waals surface area contributed by atoms with Gasteiger partial charge in [0.2, 0.25) is 0 Å². The molecule has 0 aromatic heterocycles. The molecule has 1 amide bonds. The van der Waals surface area contributed by atoms with Crippen LogP contribution in [0, 0.1) is 22.2 Å². The number of carbonyl (C=O) groups excluding carboxylic acids is 1. The highest BCUT2D eigenvalue weighted by atomic mass is 16.5. The van der Waals surface area contributed by atoms with Crippen LogP contribution in [0.4, 0.5) is 0 Å². The summed E-state index contributed by atoms with van der Waals surface area (Å²) >= 11 is 0. The summed E-state index contributed by atoms with van der Waals surface area (Å²) in [5, 5.41) is 8.79. The van der Waals surface area contributed by atoms with Gasteiger partial charge in [-0.25, -0.2) is 0 Å². The summed E-state index contributed by atoms with van der Waals surface area (Å²) < 4.78 is 5.61. The second kappa shape index (κ2) is 5.56. The first-order chi connectivity index (χ1) is 10.8. The highest BCUT2D eigenvalue weighted by Gasteiger charge is 2.50. The second-order valence-electron chi connectivity index (χ2n) is 8.16. The van der Waals surface area contributed by atoms with Crippen LogP contribution in [0.1, 0.15) is 45.6 Å². The van der Waals surface area contributed by atoms with Gasteiger partial charge < -0.3 is 9.64 Å². The van der Waals surface area contributed by atoms with Crippen molar-refractivity contribution in [3.8, 4) is 11.8 Å². The quantitative estimate of drug-likeness (QED) is 0.860. The van der Waals surface area contributed by atoms with Gasteiger partial charge in [0, 0.05) is 12.6 Å². The molecule has 3 rings (SSSR count). The highest BCUT2D eigenvalue weighted by Crippen LogP contribution is 2.52. The lowest BCUT2D eigenvalue weighted by Gasteiger charge is -2.39. The fourth-order valence-electron chi connectivity index (χ4n) is 4.61. The minimum Gasteiger partial charge on any atom is -0.484 e. The van der Waals surface area contributed by atoms with Crippen LogP contribution in [-0.2, 0) is 4.79 Å². The number of ether oxygens (including phenoxy) is 1. The number of fused-ring (bicyclic) bond motifs is 2. The van der Waals surface area contributed by atoms with Gasteiger partial charge in [0.15, 0.2) is 6.61 Å². The summed E-state index contributed by atoms with van der Waals surface area (Å²) in [7, 11) is 0. The monoisotopic (exact) mass is 312 g/mol. The lowest BCUT2D eigenvalue weighted by molar-refractivity contribution is -0.134. The molecule has 2 bridgehead atoms. The van der Waals surface area contributed by atoms with E-state index >= 15 is 0 Å². The third-order valence-electron chi connectivity index (χ3n) is 5.08. The van der Waals surface area contributed by atoms with Gasteiger partial charge in [0.05, 0.1) is 11.6 Å². The van der Waals surface area contributed by atoms with Crippen LogP contribution in [0.15, 0.2) is 24.3 Å². The van der Waals surface area contributed by atoms with Crippen LogP contribution in [-0.4, -0.2) is 30.0 Å². The van der Waals surface area contributed by atoms with Gasteiger partial charge in [-0.15, -0.1) is 0 Å². The Morgan fingerprint density at radius 1 is 1.30 bits per heavy atom. The van der Waals surface area contributed by atoms with Crippen molar-refractivity contribution in [3.63, 3.8) is 0 Å². The Hall–Kier alpha value is -2.02. The lowest BCUT2D eigenvalue weighted by atomic mass is 9.65. The predicted molar refractivity (Wildman–Crippen MR) is 87.9 cm³/mol. The van der Waals surface area contributed by atoms with Gasteiger partial charge in [0.1, 0.15) is 5.75 Å². The molecule has 2 fully saturated rings. The van der Waals surface area contributed by atoms with Gasteiger partial charge in [-0.2, -0.15) is 5.26 Å². The molecule has 2 atom stereocenters. The maximum Gasteiger partial charge on any atom is 0.260 e. The van der Waals surface area contributed by atoms with E-state index < -0.39 is 0 Å². The van der Waals surface area contributed by atoms with Crippen molar-refractivity contribution in [2.45, 2.75) is 46.1 Å². The first-order valence-corrected chi connectivity index (χ1v) is 8.23. The summed E-state index contributed by atoms with van der Waals surface area (Å²) in [6, 6.07) is 9.29. The average Bonchev–Trinajstić information content (AvgIpc) is 2.74. The van der Waals surface area contributed by atoms with Crippen molar-refractivity contribution in [2.24, 2.45) is 10.8 Å². The molecule has 1 heterocycles. The van der Waals surface area contributed by atoms with Crippen molar-refractivity contribution in [1.29, 1.82) is 5.26 Å². The molecule has 1 aliphatic carbocycles. The Bertz CT molecular complexity index is 644. The zero-order valence-corrected chi connectivity index (χ0v) is 14.1. The zero-order chi connectivity index (χ0) is 16.7. The van der Waals surface area contributed by atoms with E-state index in [1.54, 1.807) is 24.3 Å². The Morgan fingerprint density at radius 2 is 2.00 bits per heavy atom. The Balaban J connectivity index is 1.62. The Labute approximate surface area is 138 Å². The van der Waals surface area contributed by atoms with E-state index in [1.807, 2.05) is 4.90 Å². The molecule has 2 aliphatic rings. The van der Waals surface area contributed by atoms with Crippen molar-refractivity contribution in [2.75, 3.05) is 13.2 Å². The Morgan fingerprint density at radius 3 is 2.65 bits per heavy atom. The SMILES string of the molecule is CC1(C)C[C@@H]2C[C@](C)(CN2C(=O)COc2ccc(C#N)cc2)C1. The van der Waals surface area contributed by atoms with Crippen LogP contribution in [0.5, 0.6) is 5.75 Å². The number of rotatable bonds is 3. The largest absolute Gasteiger partial charge is 0.484 e. The first-order valence-electron chi connectivity index (χ1n) is 8.23. The predicted octanol–water partition coefficient (Wildman–Crippen LogP) is 3.36. The number of benzene rings is 1. The number of carbonyl (C=O) groups is 1. The minimum absolute atomic E-state index is 0.0684. The van der Waals surface area contributed by atoms with Crippen molar-refractivity contribution in [3.05, 3.63) is 29.8 Å². The third kappa shape index (κ3) is 3.34. The summed E-state index contributed by atoms with van der Waals surface area (Å²) in [5.41, 5.74) is 1.14. The van der Waals surface area contributed by atoms with Gasteiger partial charge in [-0.05, 0) is 54.4 Å². The molecule has 1 aromatic carbocycles. The molecule has 4 nitrogen and oxygen atoms in total. The number of likely N-dealkylation sites (tertiary alicyclic amines) is 1. The maximum absolute atomic E-state index is 12.6. The van der Waals surface area contributed by atoms with E-state index in [0.29, 0.717) is 22.8 Å². The number of amides is 1. The molecule has 1 aromatic rings. The zero-order valence-electron chi connectivity index (χ0n) is 14.1. The normalized spacial score (nSPS) is 28.3. The molecule has 0 N–H and O–H groups in total. The minimum atomic E-state index is 0.0684. The Kier molecular flexibility index (Phi) is 3.83. The van der Waals surface area contributed by atoms with Crippen molar-refractivity contribution < 1.29 is 9.53 Å². The summed E-state index contributed by atoms with van der Waals surface area (Å²) in [5.74, 6) is 0.701. The van der Waals surface area contributed by atoms with Crippen LogP contribution < -0.4 is 4.74 Å². The highest BCUT2D eigenvalue weighted by molar-refractivity contribution is 5.78. The van der Waals surface area contributed by atoms with E-state index in [1.165, 1.54) is 6.42 Å². The molecule has 23 heavy (non-hydrogen) atoms. The fourth-order valence-corrected chi connectivity index (χ4v) is 4.61. The summed E-state index contributed by atoms with van der Waals surface area (Å²) in [6.07, 6.45) is 3.36. The van der Waals surface area contributed by atoms with E-state index in [2.05, 4.69) is 26.8 Å². The van der Waals surface area contributed by atoms with Crippen molar-refractivity contribution in [1.82, 2.24) is 4.90 Å². The molecule has 0 unspecified atom stereocenters. The molecule has 0 radical (unpaired) electrons. The number of hydrogen-bond acceptors (Lipinski definition) is 3. The van der Waals surface area contributed by atoms with E-state index in [4.69, 9.17) is 10.00 Å². The van der Waals surface area contributed by atoms with Crippen LogP contribution >= 0.6 is 0 Å². The van der Waals surface area contributed by atoms with Crippen molar-refractivity contribution >= 4 is 5.91 Å². The van der Waals surface area contributed by atoms with E-state index in [-0.39, 0.29) is 17.9 Å². The molecule has 1 saturated heterocycles. The first kappa shape index (κ1) is 15.9. The van der Waals surface area contributed by atoms with Gasteiger partial charge in [0.25, 0.3) is 5.91 Å². The molecule has 0 spiro atoms. The smallest absolute Gasteiger partial charge is 0.260 e. The second-order valence-corrected chi connectivity index (χ2v) is 8.16. The van der Waals surface area contributed by atoms with Crippen LogP contribution in [0.25, 0.3) is 0 Å². The fraction of sp³-hybridized carbons (Fsp3) is 0.579.